The highest BCUT2D eigenvalue weighted by Crippen LogP contribution is 2.39. The third kappa shape index (κ3) is 4.04. The molecule has 1 aliphatic heterocycles. The Morgan fingerprint density at radius 1 is 1.11 bits per heavy atom. The van der Waals surface area contributed by atoms with Gasteiger partial charge in [-0.1, -0.05) is 23.7 Å². The number of nitrogens with zero attached hydrogens (tertiary/aromatic N) is 1. The maximum absolute atomic E-state index is 12.6. The molecule has 0 atom stereocenters. The van der Waals surface area contributed by atoms with Gasteiger partial charge < -0.3 is 14.6 Å². The predicted octanol–water partition coefficient (Wildman–Crippen LogP) is 4.30. The van der Waals surface area contributed by atoms with E-state index in [4.69, 9.17) is 21.1 Å². The van der Waals surface area contributed by atoms with Gasteiger partial charge in [-0.2, -0.15) is 0 Å². The van der Waals surface area contributed by atoms with E-state index in [0.717, 1.165) is 17.3 Å². The molecule has 2 aromatic carbocycles. The van der Waals surface area contributed by atoms with E-state index in [1.165, 1.54) is 19.1 Å². The van der Waals surface area contributed by atoms with Gasteiger partial charge in [-0.15, -0.1) is 0 Å². The fraction of sp³-hybridized carbons (Fsp3) is 0.158. The lowest BCUT2D eigenvalue weighted by Gasteiger charge is -2.12. The first-order valence-corrected chi connectivity index (χ1v) is 9.07. The van der Waals surface area contributed by atoms with Gasteiger partial charge in [0.2, 0.25) is 5.75 Å². The second-order valence-electron chi connectivity index (χ2n) is 5.67. The number of carbonyl (C=O) groups excluding carboxylic acids is 2. The number of amides is 2. The monoisotopic (exact) mass is 405 g/mol. The summed E-state index contributed by atoms with van der Waals surface area (Å²) in [4.78, 5) is 26.4. The van der Waals surface area contributed by atoms with Crippen LogP contribution in [0.5, 0.6) is 17.2 Å². The summed E-state index contributed by atoms with van der Waals surface area (Å²) in [6.45, 7) is 0.168. The summed E-state index contributed by atoms with van der Waals surface area (Å²) in [7, 11) is 2.83. The van der Waals surface area contributed by atoms with Crippen LogP contribution in [0.4, 0.5) is 4.79 Å². The van der Waals surface area contributed by atoms with E-state index in [1.807, 2.05) is 0 Å². The number of rotatable bonds is 5. The Balaban J connectivity index is 1.87. The highest BCUT2D eigenvalue weighted by atomic mass is 35.5. The zero-order valence-corrected chi connectivity index (χ0v) is 16.1. The molecule has 27 heavy (non-hydrogen) atoms. The van der Waals surface area contributed by atoms with E-state index in [0.29, 0.717) is 10.6 Å². The van der Waals surface area contributed by atoms with Crippen LogP contribution < -0.4 is 9.47 Å². The Bertz CT molecular complexity index is 901. The number of hydrogen-bond acceptors (Lipinski definition) is 6. The lowest BCUT2D eigenvalue weighted by Crippen LogP contribution is -2.27. The molecule has 0 spiro atoms. The van der Waals surface area contributed by atoms with Gasteiger partial charge >= 0.3 is 0 Å². The van der Waals surface area contributed by atoms with Gasteiger partial charge in [0.1, 0.15) is 0 Å². The van der Waals surface area contributed by atoms with Gasteiger partial charge in [0.15, 0.2) is 11.5 Å². The highest BCUT2D eigenvalue weighted by molar-refractivity contribution is 8.18. The molecule has 0 unspecified atom stereocenters. The summed E-state index contributed by atoms with van der Waals surface area (Å²) < 4.78 is 10.2. The number of phenols is 1. The van der Waals surface area contributed by atoms with E-state index >= 15 is 0 Å². The number of halogens is 1. The molecule has 0 radical (unpaired) electrons. The molecule has 8 heteroatoms. The zero-order chi connectivity index (χ0) is 19.6. The zero-order valence-electron chi connectivity index (χ0n) is 14.6. The van der Waals surface area contributed by atoms with Crippen molar-refractivity contribution in [1.82, 2.24) is 4.90 Å². The van der Waals surface area contributed by atoms with E-state index in [2.05, 4.69) is 0 Å². The topological polar surface area (TPSA) is 76.1 Å². The second kappa shape index (κ2) is 7.94. The number of ether oxygens (including phenoxy) is 2. The number of imide groups is 1. The number of methoxy groups -OCH3 is 2. The lowest BCUT2D eigenvalue weighted by atomic mass is 10.1. The van der Waals surface area contributed by atoms with Crippen molar-refractivity contribution >= 4 is 40.6 Å². The number of thioether (sulfide) groups is 1. The van der Waals surface area contributed by atoms with Crippen molar-refractivity contribution in [3.05, 3.63) is 57.5 Å². The number of hydrogen-bond donors (Lipinski definition) is 1. The van der Waals surface area contributed by atoms with Crippen molar-refractivity contribution in [3.8, 4) is 17.2 Å². The summed E-state index contributed by atoms with van der Waals surface area (Å²) in [6, 6.07) is 10.1. The molecule has 1 saturated heterocycles. The first-order chi connectivity index (χ1) is 12.9. The van der Waals surface area contributed by atoms with Crippen LogP contribution in [0.3, 0.4) is 0 Å². The van der Waals surface area contributed by atoms with Gasteiger partial charge in [0.25, 0.3) is 11.1 Å². The SMILES string of the molecule is COc1cc(/C=C2\SC(=O)N(Cc3ccc(Cl)cc3)C2=O)cc(OC)c1O. The van der Waals surface area contributed by atoms with Crippen LogP contribution in [-0.2, 0) is 11.3 Å². The molecule has 3 rings (SSSR count). The number of carbonyl (C=O) groups is 2. The molecule has 2 aromatic rings. The molecule has 1 fully saturated rings. The number of aromatic hydroxyl groups is 1. The minimum absolute atomic E-state index is 0.131. The highest BCUT2D eigenvalue weighted by Gasteiger charge is 2.35. The third-order valence-corrected chi connectivity index (χ3v) is 5.09. The van der Waals surface area contributed by atoms with Crippen LogP contribution in [0.2, 0.25) is 5.02 Å². The molecular formula is C19H16ClNO5S. The van der Waals surface area contributed by atoms with E-state index in [1.54, 1.807) is 42.5 Å². The van der Waals surface area contributed by atoms with Crippen molar-refractivity contribution in [2.24, 2.45) is 0 Å². The molecule has 0 aliphatic carbocycles. The molecule has 140 valence electrons. The van der Waals surface area contributed by atoms with Gasteiger partial charge in [-0.05, 0) is 53.2 Å². The second-order valence-corrected chi connectivity index (χ2v) is 7.10. The average molecular weight is 406 g/mol. The van der Waals surface area contributed by atoms with Crippen molar-refractivity contribution in [3.63, 3.8) is 0 Å². The summed E-state index contributed by atoms with van der Waals surface area (Å²) in [5.74, 6) is -0.0964. The van der Waals surface area contributed by atoms with Crippen LogP contribution in [0.1, 0.15) is 11.1 Å². The molecule has 6 nitrogen and oxygen atoms in total. The van der Waals surface area contributed by atoms with Crippen molar-refractivity contribution in [1.29, 1.82) is 0 Å². The fourth-order valence-electron chi connectivity index (χ4n) is 2.56. The van der Waals surface area contributed by atoms with Crippen LogP contribution in [-0.4, -0.2) is 35.4 Å². The van der Waals surface area contributed by atoms with Crippen molar-refractivity contribution < 1.29 is 24.2 Å². The summed E-state index contributed by atoms with van der Waals surface area (Å²) in [5, 5.41) is 10.2. The normalized spacial score (nSPS) is 15.5. The fourth-order valence-corrected chi connectivity index (χ4v) is 3.52. The number of phenolic OH excluding ortho intramolecular Hbond substituents is 1. The molecule has 0 saturated carbocycles. The molecule has 0 aromatic heterocycles. The standard InChI is InChI=1S/C19H16ClNO5S/c1-25-14-7-12(8-15(26-2)17(14)22)9-16-18(23)21(19(24)27-16)10-11-3-5-13(20)6-4-11/h3-9,22H,10H2,1-2H3/b16-9-. The third-order valence-electron chi connectivity index (χ3n) is 3.93. The Labute approximate surface area is 165 Å². The molecular weight excluding hydrogens is 390 g/mol. The van der Waals surface area contributed by atoms with E-state index < -0.39 is 0 Å². The minimum atomic E-state index is -0.383. The van der Waals surface area contributed by atoms with Crippen molar-refractivity contribution in [2.45, 2.75) is 6.54 Å². The van der Waals surface area contributed by atoms with Gasteiger partial charge in [-0.25, -0.2) is 0 Å². The van der Waals surface area contributed by atoms with Gasteiger partial charge in [0, 0.05) is 5.02 Å². The Morgan fingerprint density at radius 3 is 2.26 bits per heavy atom. The minimum Gasteiger partial charge on any atom is -0.502 e. The Hall–Kier alpha value is -2.64. The predicted molar refractivity (Wildman–Crippen MR) is 104 cm³/mol. The molecule has 1 heterocycles. The van der Waals surface area contributed by atoms with E-state index in [9.17, 15) is 14.7 Å². The molecule has 0 bridgehead atoms. The van der Waals surface area contributed by atoms with Crippen LogP contribution in [0, 0.1) is 0 Å². The van der Waals surface area contributed by atoms with Crippen LogP contribution in [0.25, 0.3) is 6.08 Å². The quantitative estimate of drug-likeness (QED) is 0.747. The first-order valence-electron chi connectivity index (χ1n) is 7.87. The van der Waals surface area contributed by atoms with Gasteiger partial charge in [-0.3, -0.25) is 14.5 Å². The first kappa shape index (κ1) is 19.1. The van der Waals surface area contributed by atoms with Crippen LogP contribution >= 0.6 is 23.4 Å². The molecule has 1 aliphatic rings. The lowest BCUT2D eigenvalue weighted by molar-refractivity contribution is -0.123. The molecule has 2 amide bonds. The largest absolute Gasteiger partial charge is 0.502 e. The maximum atomic E-state index is 12.6. The van der Waals surface area contributed by atoms with Crippen molar-refractivity contribution in [2.75, 3.05) is 14.2 Å². The Kier molecular flexibility index (Phi) is 5.62. The smallest absolute Gasteiger partial charge is 0.293 e. The average Bonchev–Trinajstić information content (AvgIpc) is 2.92. The van der Waals surface area contributed by atoms with E-state index in [-0.39, 0.29) is 39.8 Å². The number of benzene rings is 2. The Morgan fingerprint density at radius 2 is 1.70 bits per heavy atom. The summed E-state index contributed by atoms with van der Waals surface area (Å²) >= 11 is 6.72. The van der Waals surface area contributed by atoms with Crippen LogP contribution in [0.15, 0.2) is 41.3 Å². The summed E-state index contributed by atoms with van der Waals surface area (Å²) in [5.41, 5.74) is 1.37. The maximum Gasteiger partial charge on any atom is 0.293 e. The summed E-state index contributed by atoms with van der Waals surface area (Å²) in [6.07, 6.45) is 1.57. The van der Waals surface area contributed by atoms with Gasteiger partial charge in [0.05, 0.1) is 25.7 Å². The molecule has 1 N–H and O–H groups in total.